The standard InChI is InChI=1S/C20H33N3O.HI/c1-4-16(3)17-7-9-18(10-8-17)23-19(21)22-15-20(11-6-12-20)13-14-24-5-2;/h7-10,16H,4-6,11-15H2,1-3H3,(H3,21,22,23);1H. The quantitative estimate of drug-likeness (QED) is 0.233. The topological polar surface area (TPSA) is 59.6 Å². The van der Waals surface area contributed by atoms with Gasteiger partial charge in [-0.1, -0.05) is 32.4 Å². The smallest absolute Gasteiger partial charge is 0.193 e. The fourth-order valence-electron chi connectivity index (χ4n) is 3.17. The molecule has 1 aromatic carbocycles. The number of aliphatic imine (C=N–C) groups is 1. The highest BCUT2D eigenvalue weighted by molar-refractivity contribution is 14.0. The number of halogens is 1. The largest absolute Gasteiger partial charge is 0.382 e. The third kappa shape index (κ3) is 6.77. The lowest BCUT2D eigenvalue weighted by atomic mass is 9.67. The fourth-order valence-corrected chi connectivity index (χ4v) is 3.17. The van der Waals surface area contributed by atoms with Crippen LogP contribution in [0.5, 0.6) is 0 Å². The second-order valence-electron chi connectivity index (χ2n) is 7.06. The Labute approximate surface area is 170 Å². The zero-order valence-corrected chi connectivity index (χ0v) is 18.2. The number of nitrogens with two attached hydrogens (primary N) is 1. The average molecular weight is 459 g/mol. The van der Waals surface area contributed by atoms with Crippen LogP contribution in [0, 0.1) is 5.41 Å². The van der Waals surface area contributed by atoms with Crippen molar-refractivity contribution in [2.75, 3.05) is 25.1 Å². The lowest BCUT2D eigenvalue weighted by molar-refractivity contribution is 0.0610. The molecule has 4 nitrogen and oxygen atoms in total. The van der Waals surface area contributed by atoms with Gasteiger partial charge in [0.05, 0.1) is 0 Å². The van der Waals surface area contributed by atoms with Gasteiger partial charge in [-0.05, 0) is 61.6 Å². The van der Waals surface area contributed by atoms with Crippen molar-refractivity contribution in [1.29, 1.82) is 0 Å². The third-order valence-corrected chi connectivity index (χ3v) is 5.34. The van der Waals surface area contributed by atoms with Crippen LogP contribution in [0.1, 0.15) is 64.4 Å². The molecule has 142 valence electrons. The number of guanidine groups is 1. The van der Waals surface area contributed by atoms with Crippen molar-refractivity contribution >= 4 is 35.6 Å². The minimum atomic E-state index is 0. The van der Waals surface area contributed by atoms with Crippen LogP contribution >= 0.6 is 24.0 Å². The molecular weight excluding hydrogens is 425 g/mol. The van der Waals surface area contributed by atoms with Crippen molar-refractivity contribution in [2.24, 2.45) is 16.1 Å². The number of nitrogens with one attached hydrogen (secondary N) is 1. The van der Waals surface area contributed by atoms with E-state index in [9.17, 15) is 0 Å². The van der Waals surface area contributed by atoms with Crippen LogP contribution in [-0.2, 0) is 4.74 Å². The number of ether oxygens (including phenoxy) is 1. The predicted molar refractivity (Wildman–Crippen MR) is 118 cm³/mol. The van der Waals surface area contributed by atoms with Crippen LogP contribution in [-0.4, -0.2) is 25.7 Å². The Balaban J connectivity index is 0.00000312. The molecule has 1 saturated carbocycles. The van der Waals surface area contributed by atoms with Crippen LogP contribution in [0.15, 0.2) is 29.3 Å². The molecule has 5 heteroatoms. The van der Waals surface area contributed by atoms with E-state index in [1.807, 2.05) is 6.92 Å². The van der Waals surface area contributed by atoms with E-state index in [4.69, 9.17) is 10.5 Å². The molecule has 0 spiro atoms. The Hall–Kier alpha value is -0.820. The van der Waals surface area contributed by atoms with Crippen LogP contribution in [0.25, 0.3) is 0 Å². The first-order chi connectivity index (χ1) is 11.6. The van der Waals surface area contributed by atoms with Gasteiger partial charge in [-0.2, -0.15) is 0 Å². The van der Waals surface area contributed by atoms with E-state index in [0.29, 0.717) is 17.3 Å². The molecule has 3 N–H and O–H groups in total. The van der Waals surface area contributed by atoms with Gasteiger partial charge < -0.3 is 15.8 Å². The van der Waals surface area contributed by atoms with Gasteiger partial charge >= 0.3 is 0 Å². The highest BCUT2D eigenvalue weighted by Gasteiger charge is 2.36. The molecule has 1 atom stereocenters. The van der Waals surface area contributed by atoms with Crippen molar-refractivity contribution < 1.29 is 4.74 Å². The Morgan fingerprint density at radius 1 is 1.28 bits per heavy atom. The van der Waals surface area contributed by atoms with Crippen molar-refractivity contribution in [3.63, 3.8) is 0 Å². The molecule has 1 fully saturated rings. The summed E-state index contributed by atoms with van der Waals surface area (Å²) in [5.41, 5.74) is 8.75. The molecule has 0 bridgehead atoms. The summed E-state index contributed by atoms with van der Waals surface area (Å²) < 4.78 is 5.51. The lowest BCUT2D eigenvalue weighted by Gasteiger charge is -2.40. The second-order valence-corrected chi connectivity index (χ2v) is 7.06. The monoisotopic (exact) mass is 459 g/mol. The van der Waals surface area contributed by atoms with E-state index in [-0.39, 0.29) is 24.0 Å². The molecule has 0 radical (unpaired) electrons. The van der Waals surface area contributed by atoms with Gasteiger partial charge in [-0.25, -0.2) is 0 Å². The van der Waals surface area contributed by atoms with Gasteiger partial charge in [0.2, 0.25) is 0 Å². The van der Waals surface area contributed by atoms with Gasteiger partial charge in [-0.15, -0.1) is 24.0 Å². The summed E-state index contributed by atoms with van der Waals surface area (Å²) in [6.45, 7) is 8.91. The number of rotatable bonds is 9. The molecule has 1 aromatic rings. The minimum absolute atomic E-state index is 0. The SMILES string of the molecule is CCOCCC1(CN=C(N)Nc2ccc(C(C)CC)cc2)CCC1.I. The first kappa shape index (κ1) is 22.2. The van der Waals surface area contributed by atoms with Crippen LogP contribution in [0.3, 0.4) is 0 Å². The summed E-state index contributed by atoms with van der Waals surface area (Å²) in [7, 11) is 0. The number of hydrogen-bond acceptors (Lipinski definition) is 2. The molecule has 1 aliphatic carbocycles. The van der Waals surface area contributed by atoms with Crippen molar-refractivity contribution in [3.05, 3.63) is 29.8 Å². The Morgan fingerprint density at radius 3 is 2.48 bits per heavy atom. The average Bonchev–Trinajstić information content (AvgIpc) is 2.56. The summed E-state index contributed by atoms with van der Waals surface area (Å²) in [6, 6.07) is 8.49. The Bertz CT molecular complexity index is 526. The first-order valence-corrected chi connectivity index (χ1v) is 9.33. The van der Waals surface area contributed by atoms with Crippen LogP contribution < -0.4 is 11.1 Å². The maximum Gasteiger partial charge on any atom is 0.193 e. The van der Waals surface area contributed by atoms with Crippen molar-refractivity contribution in [3.8, 4) is 0 Å². The second kappa shape index (κ2) is 11.0. The zero-order chi connectivity index (χ0) is 17.4. The number of benzene rings is 1. The molecular formula is C20H34IN3O. The van der Waals surface area contributed by atoms with Gasteiger partial charge in [0.15, 0.2) is 5.96 Å². The minimum Gasteiger partial charge on any atom is -0.382 e. The predicted octanol–water partition coefficient (Wildman–Crippen LogP) is 5.14. The number of nitrogens with zero attached hydrogens (tertiary/aromatic N) is 1. The molecule has 0 heterocycles. The zero-order valence-electron chi connectivity index (χ0n) is 15.9. The van der Waals surface area contributed by atoms with E-state index in [0.717, 1.165) is 38.3 Å². The fraction of sp³-hybridized carbons (Fsp3) is 0.650. The van der Waals surface area contributed by atoms with Gasteiger partial charge in [0.1, 0.15) is 0 Å². The molecule has 0 saturated heterocycles. The maximum atomic E-state index is 6.08. The van der Waals surface area contributed by atoms with Crippen LogP contribution in [0.2, 0.25) is 0 Å². The first-order valence-electron chi connectivity index (χ1n) is 9.33. The molecule has 1 unspecified atom stereocenters. The van der Waals surface area contributed by atoms with Gasteiger partial charge in [-0.3, -0.25) is 4.99 Å². The number of hydrogen-bond donors (Lipinski definition) is 2. The number of anilines is 1. The normalized spacial score (nSPS) is 17.3. The summed E-state index contributed by atoms with van der Waals surface area (Å²) >= 11 is 0. The van der Waals surface area contributed by atoms with E-state index in [2.05, 4.69) is 48.4 Å². The molecule has 0 amide bonds. The van der Waals surface area contributed by atoms with Crippen molar-refractivity contribution in [2.45, 2.75) is 58.8 Å². The van der Waals surface area contributed by atoms with E-state index < -0.39 is 0 Å². The molecule has 1 aliphatic rings. The summed E-state index contributed by atoms with van der Waals surface area (Å²) in [6.07, 6.45) is 6.01. The summed E-state index contributed by atoms with van der Waals surface area (Å²) in [4.78, 5) is 4.59. The Kier molecular flexibility index (Phi) is 9.79. The highest BCUT2D eigenvalue weighted by Crippen LogP contribution is 2.44. The molecule has 0 aromatic heterocycles. The van der Waals surface area contributed by atoms with E-state index >= 15 is 0 Å². The highest BCUT2D eigenvalue weighted by atomic mass is 127. The lowest BCUT2D eigenvalue weighted by Crippen LogP contribution is -2.35. The maximum absolute atomic E-state index is 6.08. The molecule has 2 rings (SSSR count). The summed E-state index contributed by atoms with van der Waals surface area (Å²) in [5, 5.41) is 3.21. The van der Waals surface area contributed by atoms with Crippen LogP contribution in [0.4, 0.5) is 5.69 Å². The van der Waals surface area contributed by atoms with E-state index in [1.165, 1.54) is 24.8 Å². The van der Waals surface area contributed by atoms with Gasteiger partial charge in [0, 0.05) is 25.4 Å². The summed E-state index contributed by atoms with van der Waals surface area (Å²) in [5.74, 6) is 1.10. The van der Waals surface area contributed by atoms with E-state index in [1.54, 1.807) is 0 Å². The van der Waals surface area contributed by atoms with Gasteiger partial charge in [0.25, 0.3) is 0 Å². The third-order valence-electron chi connectivity index (χ3n) is 5.34. The molecule has 25 heavy (non-hydrogen) atoms. The van der Waals surface area contributed by atoms with Crippen molar-refractivity contribution in [1.82, 2.24) is 0 Å². The molecule has 0 aliphatic heterocycles. The Morgan fingerprint density at radius 2 is 1.96 bits per heavy atom.